The van der Waals surface area contributed by atoms with Crippen molar-refractivity contribution < 1.29 is 23.8 Å². The molecule has 1 amide bonds. The van der Waals surface area contributed by atoms with Crippen LogP contribution >= 0.6 is 0 Å². The van der Waals surface area contributed by atoms with Gasteiger partial charge in [-0.25, -0.2) is 18.3 Å². The third-order valence-corrected chi connectivity index (χ3v) is 8.71. The van der Waals surface area contributed by atoms with E-state index >= 15 is 0 Å². The number of piperidine rings is 1. The summed E-state index contributed by atoms with van der Waals surface area (Å²) in [5.74, 6) is -0.0199. The normalized spacial score (nSPS) is 22.8. The number of halogens is 2. The summed E-state index contributed by atoms with van der Waals surface area (Å²) in [6, 6.07) is 12.6. The van der Waals surface area contributed by atoms with Crippen molar-refractivity contribution in [3.05, 3.63) is 83.7 Å². The number of hydrogen-bond donors (Lipinski definition) is 3. The number of anilines is 3. The number of rotatable bonds is 7. The highest BCUT2D eigenvalue weighted by Crippen LogP contribution is 2.57. The molecule has 3 fully saturated rings. The van der Waals surface area contributed by atoms with E-state index in [1.165, 1.54) is 22.8 Å². The average Bonchev–Trinajstić information content (AvgIpc) is 3.47. The third kappa shape index (κ3) is 4.85. The van der Waals surface area contributed by atoms with Crippen LogP contribution in [0.2, 0.25) is 0 Å². The van der Waals surface area contributed by atoms with Gasteiger partial charge in [-0.3, -0.25) is 9.69 Å². The van der Waals surface area contributed by atoms with Gasteiger partial charge in [-0.1, -0.05) is 0 Å². The van der Waals surface area contributed by atoms with E-state index in [1.54, 1.807) is 12.3 Å². The van der Waals surface area contributed by atoms with Crippen LogP contribution in [0.5, 0.6) is 0 Å². The summed E-state index contributed by atoms with van der Waals surface area (Å²) in [4.78, 5) is 24.1. The highest BCUT2D eigenvalue weighted by atomic mass is 19.1. The SMILES string of the molecule is O=C(Nc1ccc(N2CCN(C(O)CO)CC2)cc1)c1cnn2ccc(N3CC4CC4[C@@H]3c3cc(F)ccc3F)nc12. The molecule has 2 aromatic carbocycles. The van der Waals surface area contributed by atoms with Gasteiger partial charge in [-0.05, 0) is 66.8 Å². The Bertz CT molecular complexity index is 1620. The Labute approximate surface area is 240 Å². The van der Waals surface area contributed by atoms with Gasteiger partial charge in [-0.15, -0.1) is 0 Å². The number of carbonyl (C=O) groups is 1. The molecule has 4 atom stereocenters. The molecule has 0 radical (unpaired) electrons. The Kier molecular flexibility index (Phi) is 6.76. The van der Waals surface area contributed by atoms with Crippen molar-refractivity contribution in [2.45, 2.75) is 18.7 Å². The summed E-state index contributed by atoms with van der Waals surface area (Å²) in [5, 5.41) is 26.2. The fourth-order valence-electron chi connectivity index (χ4n) is 6.37. The Morgan fingerprint density at radius 2 is 1.86 bits per heavy atom. The van der Waals surface area contributed by atoms with Gasteiger partial charge in [0.2, 0.25) is 0 Å². The Hall–Kier alpha value is -4.13. The predicted molar refractivity (Wildman–Crippen MR) is 152 cm³/mol. The van der Waals surface area contributed by atoms with Gasteiger partial charge in [0.1, 0.15) is 29.2 Å². The first kappa shape index (κ1) is 26.7. The minimum absolute atomic E-state index is 0.242. The summed E-state index contributed by atoms with van der Waals surface area (Å²) in [6.07, 6.45) is 3.34. The van der Waals surface area contributed by atoms with Crippen molar-refractivity contribution in [3.8, 4) is 0 Å². The zero-order chi connectivity index (χ0) is 29.0. The number of aromatic nitrogens is 3. The first-order valence-electron chi connectivity index (χ1n) is 14.1. The number of piperazine rings is 1. The fraction of sp³-hybridized carbons (Fsp3) is 0.367. The molecule has 2 aliphatic heterocycles. The molecule has 3 N–H and O–H groups in total. The van der Waals surface area contributed by atoms with Crippen LogP contribution in [-0.2, 0) is 0 Å². The van der Waals surface area contributed by atoms with E-state index < -0.39 is 17.9 Å². The zero-order valence-electron chi connectivity index (χ0n) is 22.8. The van der Waals surface area contributed by atoms with E-state index in [1.807, 2.05) is 34.1 Å². The van der Waals surface area contributed by atoms with Crippen molar-refractivity contribution in [1.29, 1.82) is 0 Å². The Morgan fingerprint density at radius 1 is 1.07 bits per heavy atom. The quantitative estimate of drug-likeness (QED) is 0.309. The monoisotopic (exact) mass is 575 g/mol. The minimum Gasteiger partial charge on any atom is -0.392 e. The van der Waals surface area contributed by atoms with E-state index in [-0.39, 0.29) is 24.5 Å². The maximum Gasteiger partial charge on any atom is 0.261 e. The van der Waals surface area contributed by atoms with E-state index in [9.17, 15) is 18.7 Å². The summed E-state index contributed by atoms with van der Waals surface area (Å²) in [5.41, 5.74) is 2.64. The fourth-order valence-corrected chi connectivity index (χ4v) is 6.37. The first-order chi connectivity index (χ1) is 20.4. The number of carbonyl (C=O) groups excluding carboxylic acids is 1. The summed E-state index contributed by atoms with van der Waals surface area (Å²) in [7, 11) is 0. The molecule has 3 unspecified atom stereocenters. The van der Waals surface area contributed by atoms with Gasteiger partial charge in [0.25, 0.3) is 5.91 Å². The third-order valence-electron chi connectivity index (χ3n) is 8.71. The Balaban J connectivity index is 1.07. The molecule has 1 aliphatic carbocycles. The number of nitrogens with zero attached hydrogens (tertiary/aromatic N) is 6. The lowest BCUT2D eigenvalue weighted by Gasteiger charge is -2.37. The molecule has 1 saturated carbocycles. The maximum absolute atomic E-state index is 14.8. The number of amides is 1. The highest BCUT2D eigenvalue weighted by Gasteiger charge is 2.54. The van der Waals surface area contributed by atoms with Gasteiger partial charge in [0.15, 0.2) is 5.65 Å². The smallest absolute Gasteiger partial charge is 0.261 e. The second-order valence-corrected chi connectivity index (χ2v) is 11.2. The van der Waals surface area contributed by atoms with Gasteiger partial charge in [0, 0.05) is 55.9 Å². The average molecular weight is 576 g/mol. The van der Waals surface area contributed by atoms with Crippen LogP contribution in [0.4, 0.5) is 26.0 Å². The molecule has 10 nitrogen and oxygen atoms in total. The van der Waals surface area contributed by atoms with E-state index in [4.69, 9.17) is 10.1 Å². The number of nitrogens with one attached hydrogen (secondary N) is 1. The van der Waals surface area contributed by atoms with Crippen LogP contribution in [0.15, 0.2) is 60.9 Å². The van der Waals surface area contributed by atoms with Crippen LogP contribution in [0.3, 0.4) is 0 Å². The second kappa shape index (κ2) is 10.6. The van der Waals surface area contributed by atoms with E-state index in [0.29, 0.717) is 66.9 Å². The number of hydrogen-bond acceptors (Lipinski definition) is 8. The zero-order valence-corrected chi connectivity index (χ0v) is 22.8. The van der Waals surface area contributed by atoms with Crippen molar-refractivity contribution in [3.63, 3.8) is 0 Å². The molecule has 4 heterocycles. The standard InChI is InChI=1S/C30H31F2N7O3/c31-19-1-6-25(32)23(14-19)28-22-13-18(22)16-38(28)26-7-8-39-29(35-26)24(15-33-39)30(42)34-20-2-4-21(5-3-20)36-9-11-37(12-10-36)27(41)17-40/h1-8,14-15,18,22,27-28,40-41H,9-13,16-17H2,(H,34,42)/t18?,22?,27?,28-/m1/s1. The summed E-state index contributed by atoms with van der Waals surface area (Å²) in [6.45, 7) is 3.11. The molecular formula is C30H31F2N7O3. The van der Waals surface area contributed by atoms with Crippen LogP contribution in [0.1, 0.15) is 28.4 Å². The lowest BCUT2D eigenvalue weighted by Crippen LogP contribution is -2.51. The van der Waals surface area contributed by atoms with E-state index in [0.717, 1.165) is 18.2 Å². The van der Waals surface area contributed by atoms with Gasteiger partial charge in [0.05, 0.1) is 18.8 Å². The van der Waals surface area contributed by atoms with Crippen LogP contribution < -0.4 is 15.1 Å². The molecule has 0 spiro atoms. The molecule has 218 valence electrons. The van der Waals surface area contributed by atoms with Crippen LogP contribution in [0, 0.1) is 23.5 Å². The molecule has 42 heavy (non-hydrogen) atoms. The number of aliphatic hydroxyl groups is 2. The molecule has 7 rings (SSSR count). The van der Waals surface area contributed by atoms with Crippen molar-refractivity contribution >= 4 is 28.7 Å². The van der Waals surface area contributed by atoms with Gasteiger partial charge < -0.3 is 25.3 Å². The molecule has 2 aromatic heterocycles. The van der Waals surface area contributed by atoms with Gasteiger partial charge >= 0.3 is 0 Å². The molecule has 0 bridgehead atoms. The second-order valence-electron chi connectivity index (χ2n) is 11.2. The lowest BCUT2D eigenvalue weighted by molar-refractivity contribution is -0.0369. The minimum atomic E-state index is -0.839. The topological polar surface area (TPSA) is 109 Å². The van der Waals surface area contributed by atoms with Crippen LogP contribution in [-0.4, -0.2) is 81.2 Å². The van der Waals surface area contributed by atoms with Crippen molar-refractivity contribution in [2.75, 3.05) is 54.4 Å². The number of benzene rings is 2. The number of aliphatic hydroxyl groups excluding tert-OH is 2. The summed E-state index contributed by atoms with van der Waals surface area (Å²) >= 11 is 0. The molecular weight excluding hydrogens is 544 g/mol. The molecule has 3 aliphatic rings. The summed E-state index contributed by atoms with van der Waals surface area (Å²) < 4.78 is 30.4. The lowest BCUT2D eigenvalue weighted by atomic mass is 10.0. The maximum atomic E-state index is 14.8. The Morgan fingerprint density at radius 3 is 2.62 bits per heavy atom. The molecule has 2 saturated heterocycles. The van der Waals surface area contributed by atoms with Crippen molar-refractivity contribution in [1.82, 2.24) is 19.5 Å². The van der Waals surface area contributed by atoms with E-state index in [2.05, 4.69) is 15.3 Å². The molecule has 12 heteroatoms. The predicted octanol–water partition coefficient (Wildman–Crippen LogP) is 2.89. The molecule has 4 aromatic rings. The van der Waals surface area contributed by atoms with Gasteiger partial charge in [-0.2, -0.15) is 5.10 Å². The number of fused-ring (bicyclic) bond motifs is 2. The van der Waals surface area contributed by atoms with Crippen molar-refractivity contribution in [2.24, 2.45) is 11.8 Å². The largest absolute Gasteiger partial charge is 0.392 e. The van der Waals surface area contributed by atoms with Crippen LogP contribution in [0.25, 0.3) is 5.65 Å². The highest BCUT2D eigenvalue weighted by molar-refractivity contribution is 6.08. The first-order valence-corrected chi connectivity index (χ1v) is 14.1.